The van der Waals surface area contributed by atoms with E-state index in [4.69, 9.17) is 9.97 Å². The van der Waals surface area contributed by atoms with Crippen LogP contribution in [-0.2, 0) is 0 Å². The molecule has 4 heteroatoms. The normalized spacial score (nSPS) is 12.1. The third-order valence-corrected chi connectivity index (χ3v) is 13.4. The molecule has 0 aliphatic rings. The predicted octanol–water partition coefficient (Wildman–Crippen LogP) is 15.8. The molecule has 0 saturated heterocycles. The van der Waals surface area contributed by atoms with Gasteiger partial charge in [0.05, 0.1) is 33.3 Å². The lowest BCUT2D eigenvalue weighted by molar-refractivity contribution is 1.16. The largest absolute Gasteiger partial charge is 0.309 e. The van der Waals surface area contributed by atoms with Crippen molar-refractivity contribution in [1.82, 2.24) is 19.1 Å². The Morgan fingerprint density at radius 2 is 0.844 bits per heavy atom. The van der Waals surface area contributed by atoms with E-state index in [1.54, 1.807) is 0 Å². The van der Waals surface area contributed by atoms with E-state index in [1.807, 2.05) is 0 Å². The van der Waals surface area contributed by atoms with Crippen LogP contribution in [-0.4, -0.2) is 19.1 Å². The van der Waals surface area contributed by atoms with Crippen LogP contribution in [0, 0.1) is 0 Å². The third kappa shape index (κ3) is 5.17. The van der Waals surface area contributed by atoms with Gasteiger partial charge in [0.15, 0.2) is 5.82 Å². The lowest BCUT2D eigenvalue weighted by Gasteiger charge is -2.13. The number of fused-ring (bicyclic) bond motifs is 13. The van der Waals surface area contributed by atoms with E-state index in [1.165, 1.54) is 81.2 Å². The summed E-state index contributed by atoms with van der Waals surface area (Å²) in [5, 5.41) is 15.8. The maximum Gasteiger partial charge on any atom is 0.160 e. The zero-order chi connectivity index (χ0) is 41.9. The van der Waals surface area contributed by atoms with Gasteiger partial charge in [0, 0.05) is 54.8 Å². The van der Waals surface area contributed by atoms with Gasteiger partial charge in [-0.15, -0.1) is 0 Å². The smallest absolute Gasteiger partial charge is 0.160 e. The van der Waals surface area contributed by atoms with E-state index >= 15 is 0 Å². The van der Waals surface area contributed by atoms with Gasteiger partial charge in [-0.2, -0.15) is 0 Å². The molecule has 14 aromatic rings. The van der Waals surface area contributed by atoms with E-state index in [9.17, 15) is 0 Å². The Morgan fingerprint density at radius 1 is 0.281 bits per heavy atom. The van der Waals surface area contributed by atoms with Gasteiger partial charge < -0.3 is 9.13 Å². The molecule has 296 valence electrons. The van der Waals surface area contributed by atoms with Gasteiger partial charge in [-0.25, -0.2) is 9.97 Å². The van der Waals surface area contributed by atoms with E-state index in [2.05, 4.69) is 228 Å². The molecule has 0 bridgehead atoms. The Hall–Kier alpha value is -8.60. The molecule has 0 spiro atoms. The van der Waals surface area contributed by atoms with Crippen LogP contribution in [0.4, 0.5) is 0 Å². The number of benzene rings is 11. The summed E-state index contributed by atoms with van der Waals surface area (Å²) in [6, 6.07) is 79.3. The van der Waals surface area contributed by atoms with Crippen molar-refractivity contribution in [1.29, 1.82) is 0 Å². The molecule has 4 nitrogen and oxygen atoms in total. The fourth-order valence-electron chi connectivity index (χ4n) is 10.5. The molecular formula is C60H36N4. The predicted molar refractivity (Wildman–Crippen MR) is 269 cm³/mol. The zero-order valence-corrected chi connectivity index (χ0v) is 34.6. The summed E-state index contributed by atoms with van der Waals surface area (Å²) in [5.74, 6) is 0.702. The van der Waals surface area contributed by atoms with E-state index in [0.717, 1.165) is 44.6 Å². The average molecular weight is 813 g/mol. The minimum absolute atomic E-state index is 0.702. The number of aromatic nitrogens is 4. The van der Waals surface area contributed by atoms with Crippen LogP contribution in [0.2, 0.25) is 0 Å². The fourth-order valence-corrected chi connectivity index (χ4v) is 10.5. The molecule has 0 unspecified atom stereocenters. The van der Waals surface area contributed by atoms with Crippen LogP contribution in [0.5, 0.6) is 0 Å². The highest BCUT2D eigenvalue weighted by molar-refractivity contribution is 6.19. The van der Waals surface area contributed by atoms with Gasteiger partial charge in [-0.3, -0.25) is 0 Å². The molecule has 0 saturated carbocycles. The highest BCUT2D eigenvalue weighted by Gasteiger charge is 2.19. The van der Waals surface area contributed by atoms with Crippen molar-refractivity contribution in [2.75, 3.05) is 0 Å². The summed E-state index contributed by atoms with van der Waals surface area (Å²) in [5.41, 5.74) is 10.8. The summed E-state index contributed by atoms with van der Waals surface area (Å²) in [6.07, 6.45) is 0. The lowest BCUT2D eigenvalue weighted by Crippen LogP contribution is -1.98. The molecule has 0 N–H and O–H groups in total. The van der Waals surface area contributed by atoms with Crippen molar-refractivity contribution in [2.45, 2.75) is 0 Å². The first kappa shape index (κ1) is 35.0. The first-order valence-corrected chi connectivity index (χ1v) is 21.9. The first-order valence-electron chi connectivity index (χ1n) is 21.9. The molecule has 0 atom stereocenters. The summed E-state index contributed by atoms with van der Waals surface area (Å²) in [4.78, 5) is 10.5. The molecule has 0 amide bonds. The van der Waals surface area contributed by atoms with Gasteiger partial charge in [0.1, 0.15) is 0 Å². The first-order chi connectivity index (χ1) is 31.7. The van der Waals surface area contributed by atoms with E-state index < -0.39 is 0 Å². The standard InChI is InChI=1S/C60H36N4/c1-2-14-41-35-56-53(34-40(41)13-1)50-32-29-45(64-55-20-10-8-17-49(55)51-31-25-38-12-4-6-16-48(38)59(51)64)36-57(50)63(56)44-27-23-39(24-28-44)60-61-54-19-9-7-18-52(54)58(62-60)43-26-30-47-42(33-43)22-21-37-11-3-5-15-46(37)47/h1-36H. The molecular weight excluding hydrogens is 777 g/mol. The SMILES string of the molecule is c1ccc2cc3c(cc2c1)c1ccc(-n2c4ccccc4c4ccc5ccccc5c42)cc1n3-c1ccc(-c2nc(-c3ccc4c(ccc5ccccc54)c3)c3ccccc3n2)cc1. The molecule has 14 rings (SSSR count). The molecule has 0 radical (unpaired) electrons. The second kappa shape index (κ2) is 13.4. The summed E-state index contributed by atoms with van der Waals surface area (Å²) in [6.45, 7) is 0. The Kier molecular flexibility index (Phi) is 7.36. The minimum Gasteiger partial charge on any atom is -0.309 e. The Morgan fingerprint density at radius 3 is 1.69 bits per heavy atom. The van der Waals surface area contributed by atoms with Crippen molar-refractivity contribution < 1.29 is 0 Å². The van der Waals surface area contributed by atoms with Gasteiger partial charge in [0.25, 0.3) is 0 Å². The molecule has 0 aliphatic heterocycles. The highest BCUT2D eigenvalue weighted by Crippen LogP contribution is 2.41. The number of para-hydroxylation sites is 2. The van der Waals surface area contributed by atoms with Crippen LogP contribution in [0.1, 0.15) is 0 Å². The topological polar surface area (TPSA) is 35.6 Å². The summed E-state index contributed by atoms with van der Waals surface area (Å²) >= 11 is 0. The minimum atomic E-state index is 0.702. The number of rotatable bonds is 4. The molecule has 0 fully saturated rings. The van der Waals surface area contributed by atoms with Crippen molar-refractivity contribution in [3.05, 3.63) is 218 Å². The Balaban J connectivity index is 0.956. The second-order valence-electron chi connectivity index (χ2n) is 17.0. The van der Waals surface area contributed by atoms with E-state index in [0.29, 0.717) is 5.82 Å². The maximum atomic E-state index is 5.33. The second-order valence-corrected chi connectivity index (χ2v) is 17.0. The molecule has 64 heavy (non-hydrogen) atoms. The fraction of sp³-hybridized carbons (Fsp3) is 0. The summed E-state index contributed by atoms with van der Waals surface area (Å²) < 4.78 is 4.89. The quantitative estimate of drug-likeness (QED) is 0.166. The van der Waals surface area contributed by atoms with Crippen molar-refractivity contribution in [3.63, 3.8) is 0 Å². The van der Waals surface area contributed by atoms with Gasteiger partial charge in [0.2, 0.25) is 0 Å². The van der Waals surface area contributed by atoms with Gasteiger partial charge in [-0.1, -0.05) is 152 Å². The number of nitrogens with zero attached hydrogens (tertiary/aromatic N) is 4. The molecule has 11 aromatic carbocycles. The van der Waals surface area contributed by atoms with Gasteiger partial charge >= 0.3 is 0 Å². The van der Waals surface area contributed by atoms with Crippen molar-refractivity contribution in [2.24, 2.45) is 0 Å². The maximum absolute atomic E-state index is 5.33. The monoisotopic (exact) mass is 812 g/mol. The average Bonchev–Trinajstić information content (AvgIpc) is 3.87. The number of hydrogen-bond acceptors (Lipinski definition) is 2. The Bertz CT molecular complexity index is 4250. The van der Waals surface area contributed by atoms with Crippen molar-refractivity contribution in [3.8, 4) is 34.0 Å². The van der Waals surface area contributed by atoms with Gasteiger partial charge in [-0.05, 0) is 104 Å². The van der Waals surface area contributed by atoms with Crippen LogP contribution in [0.25, 0.3) is 132 Å². The molecule has 0 aliphatic carbocycles. The summed E-state index contributed by atoms with van der Waals surface area (Å²) in [7, 11) is 0. The zero-order valence-electron chi connectivity index (χ0n) is 34.6. The molecule has 3 aromatic heterocycles. The van der Waals surface area contributed by atoms with Crippen LogP contribution in [0.15, 0.2) is 218 Å². The number of hydrogen-bond donors (Lipinski definition) is 0. The van der Waals surface area contributed by atoms with Crippen LogP contribution < -0.4 is 0 Å². The Labute approximate surface area is 367 Å². The van der Waals surface area contributed by atoms with E-state index in [-0.39, 0.29) is 0 Å². The van der Waals surface area contributed by atoms with Crippen LogP contribution >= 0.6 is 0 Å². The highest BCUT2D eigenvalue weighted by atomic mass is 15.0. The third-order valence-electron chi connectivity index (χ3n) is 13.4. The lowest BCUT2D eigenvalue weighted by atomic mass is 9.98. The van der Waals surface area contributed by atoms with Crippen LogP contribution in [0.3, 0.4) is 0 Å². The van der Waals surface area contributed by atoms with Crippen molar-refractivity contribution >= 4 is 97.6 Å². The molecule has 3 heterocycles.